The molecular weight excluding hydrogens is 279 g/mol. The van der Waals surface area contributed by atoms with Crippen molar-refractivity contribution < 1.29 is 32.5 Å². The SMILES string of the molecule is COC(=O)C(C)(O)CNc1cccc(OC(F)(F)F)c1. The van der Waals surface area contributed by atoms with E-state index in [2.05, 4.69) is 14.8 Å². The molecule has 0 aliphatic carbocycles. The molecule has 0 amide bonds. The molecule has 1 atom stereocenters. The molecule has 1 aromatic carbocycles. The summed E-state index contributed by atoms with van der Waals surface area (Å²) >= 11 is 0. The number of hydrogen-bond acceptors (Lipinski definition) is 5. The highest BCUT2D eigenvalue weighted by Crippen LogP contribution is 2.25. The van der Waals surface area contributed by atoms with Gasteiger partial charge in [0.2, 0.25) is 0 Å². The number of anilines is 1. The van der Waals surface area contributed by atoms with E-state index >= 15 is 0 Å². The number of rotatable bonds is 5. The quantitative estimate of drug-likeness (QED) is 0.812. The summed E-state index contributed by atoms with van der Waals surface area (Å²) in [6.45, 7) is 0.997. The van der Waals surface area contributed by atoms with E-state index in [4.69, 9.17) is 0 Å². The van der Waals surface area contributed by atoms with Crippen molar-refractivity contribution in [3.05, 3.63) is 24.3 Å². The second-order valence-corrected chi connectivity index (χ2v) is 4.19. The normalized spacial score (nSPS) is 14.3. The fourth-order valence-corrected chi connectivity index (χ4v) is 1.37. The van der Waals surface area contributed by atoms with Gasteiger partial charge in [-0.15, -0.1) is 13.2 Å². The Kier molecular flexibility index (Phi) is 4.83. The first-order valence-corrected chi connectivity index (χ1v) is 5.54. The van der Waals surface area contributed by atoms with Gasteiger partial charge in [0.1, 0.15) is 5.75 Å². The lowest BCUT2D eigenvalue weighted by atomic mass is 10.1. The predicted molar refractivity (Wildman–Crippen MR) is 64.3 cm³/mol. The van der Waals surface area contributed by atoms with E-state index in [0.29, 0.717) is 0 Å². The first kappa shape index (κ1) is 16.1. The maximum absolute atomic E-state index is 12.1. The van der Waals surface area contributed by atoms with Crippen molar-refractivity contribution in [1.82, 2.24) is 0 Å². The maximum Gasteiger partial charge on any atom is 0.573 e. The second kappa shape index (κ2) is 6.00. The molecule has 0 fully saturated rings. The number of nitrogens with one attached hydrogen (secondary N) is 1. The monoisotopic (exact) mass is 293 g/mol. The summed E-state index contributed by atoms with van der Waals surface area (Å²) in [7, 11) is 1.12. The third kappa shape index (κ3) is 4.96. The minimum atomic E-state index is -4.78. The van der Waals surface area contributed by atoms with E-state index in [1.54, 1.807) is 0 Å². The minimum Gasteiger partial charge on any atom is -0.467 e. The molecule has 1 unspecified atom stereocenters. The molecule has 0 aliphatic rings. The number of carbonyl (C=O) groups excluding carboxylic acids is 1. The first-order chi connectivity index (χ1) is 9.14. The largest absolute Gasteiger partial charge is 0.573 e. The second-order valence-electron chi connectivity index (χ2n) is 4.19. The highest BCUT2D eigenvalue weighted by Gasteiger charge is 2.32. The molecule has 20 heavy (non-hydrogen) atoms. The molecule has 0 saturated carbocycles. The molecule has 0 saturated heterocycles. The van der Waals surface area contributed by atoms with E-state index in [9.17, 15) is 23.1 Å². The van der Waals surface area contributed by atoms with Gasteiger partial charge < -0.3 is 19.9 Å². The molecular formula is C12H14F3NO4. The molecule has 0 heterocycles. The van der Waals surface area contributed by atoms with Crippen molar-refractivity contribution in [2.24, 2.45) is 0 Å². The number of halogens is 3. The van der Waals surface area contributed by atoms with Crippen LogP contribution in [0.3, 0.4) is 0 Å². The third-order valence-electron chi connectivity index (χ3n) is 2.33. The smallest absolute Gasteiger partial charge is 0.467 e. The van der Waals surface area contributed by atoms with Gasteiger partial charge in [0.25, 0.3) is 0 Å². The summed E-state index contributed by atoms with van der Waals surface area (Å²) in [4.78, 5) is 11.2. The van der Waals surface area contributed by atoms with Crippen LogP contribution in [-0.4, -0.2) is 36.7 Å². The lowest BCUT2D eigenvalue weighted by Crippen LogP contribution is -2.42. The zero-order valence-electron chi connectivity index (χ0n) is 10.8. The average molecular weight is 293 g/mol. The van der Waals surface area contributed by atoms with Crippen LogP contribution < -0.4 is 10.1 Å². The molecule has 8 heteroatoms. The number of aliphatic hydroxyl groups is 1. The Balaban J connectivity index is 2.70. The molecule has 112 valence electrons. The zero-order chi connectivity index (χ0) is 15.4. The molecule has 1 aromatic rings. The molecule has 0 spiro atoms. The summed E-state index contributed by atoms with van der Waals surface area (Å²) < 4.78 is 44.3. The highest BCUT2D eigenvalue weighted by molar-refractivity contribution is 5.79. The summed E-state index contributed by atoms with van der Waals surface area (Å²) in [5.74, 6) is -1.26. The lowest BCUT2D eigenvalue weighted by Gasteiger charge is -2.21. The van der Waals surface area contributed by atoms with Gasteiger partial charge in [0.05, 0.1) is 13.7 Å². The number of methoxy groups -OCH3 is 1. The van der Waals surface area contributed by atoms with Crippen molar-refractivity contribution in [3.63, 3.8) is 0 Å². The van der Waals surface area contributed by atoms with Crippen LogP contribution in [0.25, 0.3) is 0 Å². The van der Waals surface area contributed by atoms with Gasteiger partial charge in [-0.25, -0.2) is 4.79 Å². The van der Waals surface area contributed by atoms with Crippen LogP contribution in [0.15, 0.2) is 24.3 Å². The van der Waals surface area contributed by atoms with Gasteiger partial charge in [-0.2, -0.15) is 0 Å². The molecule has 2 N–H and O–H groups in total. The van der Waals surface area contributed by atoms with Gasteiger partial charge in [-0.3, -0.25) is 0 Å². The van der Waals surface area contributed by atoms with Crippen molar-refractivity contribution in [3.8, 4) is 5.75 Å². The van der Waals surface area contributed by atoms with E-state index in [1.165, 1.54) is 19.1 Å². The van der Waals surface area contributed by atoms with Crippen LogP contribution in [0.1, 0.15) is 6.92 Å². The molecule has 0 radical (unpaired) electrons. The number of benzene rings is 1. The van der Waals surface area contributed by atoms with E-state index in [-0.39, 0.29) is 12.2 Å². The van der Waals surface area contributed by atoms with Crippen LogP contribution >= 0.6 is 0 Å². The summed E-state index contributed by atoms with van der Waals surface area (Å²) in [5.41, 5.74) is -1.54. The Morgan fingerprint density at radius 1 is 1.40 bits per heavy atom. The van der Waals surface area contributed by atoms with Crippen LogP contribution in [0.4, 0.5) is 18.9 Å². The molecule has 1 rings (SSSR count). The summed E-state index contributed by atoms with van der Waals surface area (Å²) in [6, 6.07) is 5.05. The number of carbonyl (C=O) groups is 1. The van der Waals surface area contributed by atoms with Crippen LogP contribution in [-0.2, 0) is 9.53 Å². The molecule has 5 nitrogen and oxygen atoms in total. The third-order valence-corrected chi connectivity index (χ3v) is 2.33. The maximum atomic E-state index is 12.1. The number of esters is 1. The zero-order valence-corrected chi connectivity index (χ0v) is 10.8. The fourth-order valence-electron chi connectivity index (χ4n) is 1.37. The average Bonchev–Trinajstić information content (AvgIpc) is 2.34. The van der Waals surface area contributed by atoms with Gasteiger partial charge in [0.15, 0.2) is 5.60 Å². The van der Waals surface area contributed by atoms with Crippen molar-refractivity contribution >= 4 is 11.7 Å². The van der Waals surface area contributed by atoms with E-state index in [0.717, 1.165) is 19.2 Å². The summed E-state index contributed by atoms with van der Waals surface area (Å²) in [6.07, 6.45) is -4.78. The van der Waals surface area contributed by atoms with Crippen LogP contribution in [0, 0.1) is 0 Å². The van der Waals surface area contributed by atoms with Crippen LogP contribution in [0.5, 0.6) is 5.75 Å². The lowest BCUT2D eigenvalue weighted by molar-refractivity contribution is -0.274. The number of hydrogen-bond donors (Lipinski definition) is 2. The van der Waals surface area contributed by atoms with Crippen molar-refractivity contribution in [1.29, 1.82) is 0 Å². The number of alkyl halides is 3. The molecule has 0 aliphatic heterocycles. The Morgan fingerprint density at radius 3 is 2.60 bits per heavy atom. The number of ether oxygens (including phenoxy) is 2. The Labute approximate surface area is 113 Å². The van der Waals surface area contributed by atoms with E-state index in [1.807, 2.05) is 0 Å². The fraction of sp³-hybridized carbons (Fsp3) is 0.417. The summed E-state index contributed by atoms with van der Waals surface area (Å²) in [5, 5.41) is 12.4. The highest BCUT2D eigenvalue weighted by atomic mass is 19.4. The van der Waals surface area contributed by atoms with Gasteiger partial charge >= 0.3 is 12.3 Å². The standard InChI is InChI=1S/C12H14F3NO4/c1-11(18,10(17)19-2)7-16-8-4-3-5-9(6-8)20-12(13,14)15/h3-6,16,18H,7H2,1-2H3. The van der Waals surface area contributed by atoms with Crippen molar-refractivity contribution in [2.75, 3.05) is 19.0 Å². The van der Waals surface area contributed by atoms with Gasteiger partial charge in [-0.1, -0.05) is 6.07 Å². The van der Waals surface area contributed by atoms with E-state index < -0.39 is 23.7 Å². The molecule has 0 bridgehead atoms. The Bertz CT molecular complexity index is 474. The Morgan fingerprint density at radius 2 is 2.05 bits per heavy atom. The van der Waals surface area contributed by atoms with Crippen molar-refractivity contribution in [2.45, 2.75) is 18.9 Å². The van der Waals surface area contributed by atoms with Crippen LogP contribution in [0.2, 0.25) is 0 Å². The predicted octanol–water partition coefficient (Wildman–Crippen LogP) is 1.92. The minimum absolute atomic E-state index is 0.227. The van der Waals surface area contributed by atoms with Gasteiger partial charge in [-0.05, 0) is 19.1 Å². The van der Waals surface area contributed by atoms with Gasteiger partial charge in [0, 0.05) is 11.8 Å². The topological polar surface area (TPSA) is 67.8 Å². The molecule has 0 aromatic heterocycles. The first-order valence-electron chi connectivity index (χ1n) is 5.54. The Hall–Kier alpha value is -1.96.